The van der Waals surface area contributed by atoms with Gasteiger partial charge in [-0.3, -0.25) is 9.59 Å². The average Bonchev–Trinajstić information content (AvgIpc) is 2.67. The molecule has 2 aromatic rings. The van der Waals surface area contributed by atoms with Crippen LogP contribution < -0.4 is 10.0 Å². The largest absolute Gasteiger partial charge is 0.452 e. The molecule has 2 N–H and O–H groups in total. The summed E-state index contributed by atoms with van der Waals surface area (Å²) in [6.07, 6.45) is -5.94. The lowest BCUT2D eigenvalue weighted by molar-refractivity contribution is -0.151. The van der Waals surface area contributed by atoms with Gasteiger partial charge in [0.2, 0.25) is 10.0 Å². The van der Waals surface area contributed by atoms with Crippen LogP contribution in [0.2, 0.25) is 0 Å². The number of carbonyl (C=O) groups excluding carboxylic acids is 2. The van der Waals surface area contributed by atoms with Crippen LogP contribution in [0.15, 0.2) is 53.4 Å². The average molecular weight is 444 g/mol. The summed E-state index contributed by atoms with van der Waals surface area (Å²) in [5.74, 6) is -1.70. The normalized spacial score (nSPS) is 12.8. The van der Waals surface area contributed by atoms with Crippen molar-refractivity contribution in [1.82, 2.24) is 4.72 Å². The highest BCUT2D eigenvalue weighted by atomic mass is 32.2. The molecule has 0 spiro atoms. The molecule has 1 atom stereocenters. The molecule has 0 bridgehead atoms. The van der Waals surface area contributed by atoms with E-state index in [2.05, 4.69) is 5.32 Å². The SMILES string of the molecule is Cc1ccccc1NC(=O)C(C)OC(=O)CNS(=O)(=O)c1cccc(C(F)(F)F)c1. The van der Waals surface area contributed by atoms with Crippen LogP contribution in [-0.4, -0.2) is 32.9 Å². The first-order valence-electron chi connectivity index (χ1n) is 8.63. The van der Waals surface area contributed by atoms with Crippen LogP contribution in [0, 0.1) is 6.92 Å². The second-order valence-corrected chi connectivity index (χ2v) is 8.05. The number of amides is 1. The number of nitrogens with one attached hydrogen (secondary N) is 2. The molecule has 162 valence electrons. The van der Waals surface area contributed by atoms with Gasteiger partial charge in [0.1, 0.15) is 6.54 Å². The van der Waals surface area contributed by atoms with E-state index < -0.39 is 51.2 Å². The molecule has 0 aliphatic rings. The number of halogens is 3. The predicted molar refractivity (Wildman–Crippen MR) is 102 cm³/mol. The molecule has 2 aromatic carbocycles. The lowest BCUT2D eigenvalue weighted by Crippen LogP contribution is -2.36. The van der Waals surface area contributed by atoms with Crippen LogP contribution in [-0.2, 0) is 30.5 Å². The van der Waals surface area contributed by atoms with E-state index in [-0.39, 0.29) is 0 Å². The summed E-state index contributed by atoms with van der Waals surface area (Å²) in [6.45, 7) is 2.21. The minimum absolute atomic E-state index is 0.450. The summed E-state index contributed by atoms with van der Waals surface area (Å²) < 4.78 is 69.3. The monoisotopic (exact) mass is 444 g/mol. The van der Waals surface area contributed by atoms with E-state index in [0.717, 1.165) is 23.8 Å². The fraction of sp³-hybridized carbons (Fsp3) is 0.263. The van der Waals surface area contributed by atoms with Crippen molar-refractivity contribution in [2.45, 2.75) is 31.0 Å². The van der Waals surface area contributed by atoms with Gasteiger partial charge in [0.15, 0.2) is 6.10 Å². The first kappa shape index (κ1) is 23.4. The summed E-state index contributed by atoms with van der Waals surface area (Å²) in [5, 5.41) is 2.57. The standard InChI is InChI=1S/C19H19F3N2O5S/c1-12-6-3-4-9-16(12)24-18(26)13(2)29-17(25)11-23-30(27,28)15-8-5-7-14(10-15)19(20,21)22/h3-10,13,23H,11H2,1-2H3,(H,24,26). The Morgan fingerprint density at radius 1 is 1.10 bits per heavy atom. The molecule has 0 fully saturated rings. The fourth-order valence-electron chi connectivity index (χ4n) is 2.32. The van der Waals surface area contributed by atoms with Gasteiger partial charge in [-0.05, 0) is 43.7 Å². The van der Waals surface area contributed by atoms with Crippen LogP contribution in [0.1, 0.15) is 18.1 Å². The number of aryl methyl sites for hydroxylation is 1. The second-order valence-electron chi connectivity index (χ2n) is 6.29. The molecule has 0 radical (unpaired) electrons. The molecule has 11 heteroatoms. The highest BCUT2D eigenvalue weighted by molar-refractivity contribution is 7.89. The van der Waals surface area contributed by atoms with Crippen molar-refractivity contribution in [1.29, 1.82) is 0 Å². The van der Waals surface area contributed by atoms with Gasteiger partial charge < -0.3 is 10.1 Å². The molecule has 0 saturated carbocycles. The van der Waals surface area contributed by atoms with Crippen molar-refractivity contribution in [3.05, 3.63) is 59.7 Å². The van der Waals surface area contributed by atoms with E-state index in [0.29, 0.717) is 11.8 Å². The first-order valence-corrected chi connectivity index (χ1v) is 10.1. The van der Waals surface area contributed by atoms with Crippen LogP contribution in [0.5, 0.6) is 0 Å². The summed E-state index contributed by atoms with van der Waals surface area (Å²) >= 11 is 0. The van der Waals surface area contributed by atoms with Crippen molar-refractivity contribution in [2.75, 3.05) is 11.9 Å². The zero-order chi connectivity index (χ0) is 22.5. The molecule has 0 aromatic heterocycles. The highest BCUT2D eigenvalue weighted by Gasteiger charge is 2.31. The molecule has 0 aliphatic carbocycles. The van der Waals surface area contributed by atoms with Crippen molar-refractivity contribution in [2.24, 2.45) is 0 Å². The minimum atomic E-state index is -4.72. The van der Waals surface area contributed by atoms with Gasteiger partial charge in [-0.2, -0.15) is 17.9 Å². The summed E-state index contributed by atoms with van der Waals surface area (Å²) in [6, 6.07) is 10.00. The number of rotatable bonds is 7. The number of anilines is 1. The molecule has 7 nitrogen and oxygen atoms in total. The molecule has 0 heterocycles. The third-order valence-corrected chi connectivity index (χ3v) is 5.36. The minimum Gasteiger partial charge on any atom is -0.452 e. The smallest absolute Gasteiger partial charge is 0.416 e. The number of benzene rings is 2. The maximum atomic E-state index is 12.7. The van der Waals surface area contributed by atoms with Crippen LogP contribution >= 0.6 is 0 Å². The molecule has 30 heavy (non-hydrogen) atoms. The summed E-state index contributed by atoms with van der Waals surface area (Å²) in [7, 11) is -4.40. The number of para-hydroxylation sites is 1. The van der Waals surface area contributed by atoms with Gasteiger partial charge in [0, 0.05) is 5.69 Å². The van der Waals surface area contributed by atoms with Gasteiger partial charge in [-0.1, -0.05) is 24.3 Å². The third-order valence-electron chi connectivity index (χ3n) is 3.96. The van der Waals surface area contributed by atoms with Crippen LogP contribution in [0.25, 0.3) is 0 Å². The molecule has 0 aliphatic heterocycles. The molecule has 1 unspecified atom stereocenters. The van der Waals surface area contributed by atoms with Gasteiger partial charge in [-0.15, -0.1) is 0 Å². The van der Waals surface area contributed by atoms with E-state index in [9.17, 15) is 31.2 Å². The van der Waals surface area contributed by atoms with Gasteiger partial charge in [0.05, 0.1) is 10.5 Å². The molecular weight excluding hydrogens is 425 g/mol. The Hall–Kier alpha value is -2.92. The number of esters is 1. The second kappa shape index (κ2) is 9.26. The van der Waals surface area contributed by atoms with Crippen molar-refractivity contribution < 1.29 is 35.9 Å². The Bertz CT molecular complexity index is 1040. The Kier molecular flexibility index (Phi) is 7.21. The number of carbonyl (C=O) groups is 2. The number of ether oxygens (including phenoxy) is 1. The Balaban J connectivity index is 1.95. The Morgan fingerprint density at radius 2 is 1.77 bits per heavy atom. The fourth-order valence-corrected chi connectivity index (χ4v) is 3.33. The van der Waals surface area contributed by atoms with Crippen LogP contribution in [0.3, 0.4) is 0 Å². The third kappa shape index (κ3) is 6.29. The first-order chi connectivity index (χ1) is 13.9. The summed E-state index contributed by atoms with van der Waals surface area (Å²) in [5.41, 5.74) is 0.170. The Morgan fingerprint density at radius 3 is 2.40 bits per heavy atom. The lowest BCUT2D eigenvalue weighted by atomic mass is 10.2. The van der Waals surface area contributed by atoms with E-state index in [1.54, 1.807) is 31.2 Å². The maximum Gasteiger partial charge on any atom is 0.416 e. The molecule has 0 saturated heterocycles. The van der Waals surface area contributed by atoms with E-state index in [4.69, 9.17) is 4.74 Å². The predicted octanol–water partition coefficient (Wildman–Crippen LogP) is 2.86. The Labute approximate surface area is 171 Å². The zero-order valence-electron chi connectivity index (χ0n) is 16.0. The molecule has 1 amide bonds. The van der Waals surface area contributed by atoms with Crippen molar-refractivity contribution in [3.8, 4) is 0 Å². The zero-order valence-corrected chi connectivity index (χ0v) is 16.8. The summed E-state index contributed by atoms with van der Waals surface area (Å²) in [4.78, 5) is 23.3. The molecule has 2 rings (SSSR count). The van der Waals surface area contributed by atoms with E-state index in [1.165, 1.54) is 6.92 Å². The van der Waals surface area contributed by atoms with Crippen molar-refractivity contribution in [3.63, 3.8) is 0 Å². The highest BCUT2D eigenvalue weighted by Crippen LogP contribution is 2.30. The van der Waals surface area contributed by atoms with Crippen LogP contribution in [0.4, 0.5) is 18.9 Å². The van der Waals surface area contributed by atoms with E-state index in [1.807, 2.05) is 4.72 Å². The molecular formula is C19H19F3N2O5S. The number of alkyl halides is 3. The van der Waals surface area contributed by atoms with Gasteiger partial charge in [0.25, 0.3) is 5.91 Å². The van der Waals surface area contributed by atoms with Crippen molar-refractivity contribution >= 4 is 27.6 Å². The van der Waals surface area contributed by atoms with Gasteiger partial charge in [-0.25, -0.2) is 8.42 Å². The number of hydrogen-bond acceptors (Lipinski definition) is 5. The number of sulfonamides is 1. The maximum absolute atomic E-state index is 12.7. The quantitative estimate of drug-likeness (QED) is 0.640. The number of hydrogen-bond donors (Lipinski definition) is 2. The van der Waals surface area contributed by atoms with Gasteiger partial charge >= 0.3 is 12.1 Å². The van der Waals surface area contributed by atoms with E-state index >= 15 is 0 Å². The lowest BCUT2D eigenvalue weighted by Gasteiger charge is -2.15. The topological polar surface area (TPSA) is 102 Å².